The van der Waals surface area contributed by atoms with E-state index >= 15 is 0 Å². The first-order valence-corrected chi connectivity index (χ1v) is 11.5. The molecule has 1 aliphatic heterocycles. The predicted molar refractivity (Wildman–Crippen MR) is 141 cm³/mol. The maximum Gasteiger partial charge on any atom is 0.191 e. The zero-order valence-corrected chi connectivity index (χ0v) is 22.4. The molecule has 0 aromatic heterocycles. The van der Waals surface area contributed by atoms with Gasteiger partial charge in [-0.1, -0.05) is 26.0 Å². The Bertz CT molecular complexity index is 617. The van der Waals surface area contributed by atoms with E-state index in [2.05, 4.69) is 67.5 Å². The lowest BCUT2D eigenvalue weighted by molar-refractivity contribution is 0.121. The number of benzene rings is 1. The molecule has 2 rings (SSSR count). The first-order valence-electron chi connectivity index (χ1n) is 11.5. The second kappa shape index (κ2) is 15.7. The van der Waals surface area contributed by atoms with Crippen LogP contribution in [0.5, 0.6) is 5.75 Å². The van der Waals surface area contributed by atoms with Crippen LogP contribution in [0, 0.1) is 11.8 Å². The van der Waals surface area contributed by atoms with Gasteiger partial charge in [0.05, 0.1) is 19.3 Å². The summed E-state index contributed by atoms with van der Waals surface area (Å²) < 4.78 is 11.0. The summed E-state index contributed by atoms with van der Waals surface area (Å²) in [7, 11) is 1.77. The SMILES string of the molecule is CCNC(=NCC1CCN(CCOC)CC1)NC(C)c1ccc(OCC(C)C)cc1.I. The average Bonchev–Trinajstić information content (AvgIpc) is 2.75. The second-order valence-electron chi connectivity index (χ2n) is 8.64. The van der Waals surface area contributed by atoms with Crippen LogP contribution in [0.1, 0.15) is 52.1 Å². The van der Waals surface area contributed by atoms with Gasteiger partial charge in [0.1, 0.15) is 5.75 Å². The van der Waals surface area contributed by atoms with E-state index in [4.69, 9.17) is 14.5 Å². The van der Waals surface area contributed by atoms with Crippen molar-refractivity contribution < 1.29 is 9.47 Å². The van der Waals surface area contributed by atoms with Crippen molar-refractivity contribution >= 4 is 29.9 Å². The van der Waals surface area contributed by atoms with Crippen molar-refractivity contribution in [1.82, 2.24) is 15.5 Å². The number of halogens is 1. The Balaban J connectivity index is 0.00000480. The fourth-order valence-corrected chi connectivity index (χ4v) is 3.56. The number of guanidine groups is 1. The lowest BCUT2D eigenvalue weighted by Crippen LogP contribution is -2.40. The molecule has 1 aromatic rings. The van der Waals surface area contributed by atoms with Crippen molar-refractivity contribution in [3.8, 4) is 5.75 Å². The number of rotatable bonds is 11. The third kappa shape index (κ3) is 10.9. The summed E-state index contributed by atoms with van der Waals surface area (Å²) >= 11 is 0. The molecule has 1 atom stereocenters. The topological polar surface area (TPSA) is 58.1 Å². The lowest BCUT2D eigenvalue weighted by Gasteiger charge is -2.31. The molecule has 7 heteroatoms. The molecule has 0 aliphatic carbocycles. The molecular formula is C24H43IN4O2. The van der Waals surface area contributed by atoms with Crippen LogP contribution in [0.2, 0.25) is 0 Å². The molecular weight excluding hydrogens is 503 g/mol. The number of piperidine rings is 1. The number of methoxy groups -OCH3 is 1. The first kappa shape index (κ1) is 28.0. The molecule has 0 saturated carbocycles. The van der Waals surface area contributed by atoms with Crippen LogP contribution in [-0.2, 0) is 4.74 Å². The molecule has 1 heterocycles. The molecule has 2 N–H and O–H groups in total. The highest BCUT2D eigenvalue weighted by Gasteiger charge is 2.19. The number of hydrogen-bond donors (Lipinski definition) is 2. The number of aliphatic imine (C=N–C) groups is 1. The minimum Gasteiger partial charge on any atom is -0.493 e. The van der Waals surface area contributed by atoms with E-state index in [1.165, 1.54) is 18.4 Å². The van der Waals surface area contributed by atoms with Crippen molar-refractivity contribution in [2.45, 2.75) is 46.6 Å². The summed E-state index contributed by atoms with van der Waals surface area (Å²) in [6.07, 6.45) is 2.42. The molecule has 1 saturated heterocycles. The second-order valence-corrected chi connectivity index (χ2v) is 8.64. The predicted octanol–water partition coefficient (Wildman–Crippen LogP) is 4.31. The van der Waals surface area contributed by atoms with Gasteiger partial charge in [-0.2, -0.15) is 0 Å². The summed E-state index contributed by atoms with van der Waals surface area (Å²) in [6.45, 7) is 15.2. The molecule has 0 bridgehead atoms. The molecule has 1 unspecified atom stereocenters. The largest absolute Gasteiger partial charge is 0.493 e. The number of nitrogens with zero attached hydrogens (tertiary/aromatic N) is 2. The Labute approximate surface area is 206 Å². The van der Waals surface area contributed by atoms with Gasteiger partial charge in [0.25, 0.3) is 0 Å². The van der Waals surface area contributed by atoms with Gasteiger partial charge >= 0.3 is 0 Å². The maximum absolute atomic E-state index is 5.79. The molecule has 31 heavy (non-hydrogen) atoms. The van der Waals surface area contributed by atoms with Gasteiger partial charge < -0.3 is 25.0 Å². The van der Waals surface area contributed by atoms with Crippen LogP contribution in [0.25, 0.3) is 0 Å². The van der Waals surface area contributed by atoms with E-state index in [9.17, 15) is 0 Å². The monoisotopic (exact) mass is 546 g/mol. The van der Waals surface area contributed by atoms with E-state index in [0.29, 0.717) is 11.8 Å². The molecule has 0 amide bonds. The summed E-state index contributed by atoms with van der Waals surface area (Å²) in [5.41, 5.74) is 1.23. The molecule has 178 valence electrons. The summed E-state index contributed by atoms with van der Waals surface area (Å²) in [5, 5.41) is 6.94. The van der Waals surface area contributed by atoms with E-state index in [0.717, 1.165) is 57.6 Å². The van der Waals surface area contributed by atoms with Crippen LogP contribution in [-0.4, -0.2) is 63.9 Å². The third-order valence-corrected chi connectivity index (χ3v) is 5.49. The van der Waals surface area contributed by atoms with Gasteiger partial charge in [-0.25, -0.2) is 0 Å². The number of nitrogens with one attached hydrogen (secondary N) is 2. The van der Waals surface area contributed by atoms with Crippen LogP contribution >= 0.6 is 24.0 Å². The highest BCUT2D eigenvalue weighted by atomic mass is 127. The highest BCUT2D eigenvalue weighted by molar-refractivity contribution is 14.0. The van der Waals surface area contributed by atoms with Crippen molar-refractivity contribution in [3.05, 3.63) is 29.8 Å². The Kier molecular flexibility index (Phi) is 14.2. The minimum atomic E-state index is 0. The zero-order valence-electron chi connectivity index (χ0n) is 20.0. The van der Waals surface area contributed by atoms with E-state index < -0.39 is 0 Å². The Morgan fingerprint density at radius 1 is 1.16 bits per heavy atom. The minimum absolute atomic E-state index is 0. The van der Waals surface area contributed by atoms with Gasteiger partial charge in [-0.05, 0) is 69.3 Å². The van der Waals surface area contributed by atoms with Gasteiger partial charge in [-0.3, -0.25) is 4.99 Å². The Hall–Kier alpha value is -1.06. The summed E-state index contributed by atoms with van der Waals surface area (Å²) in [6, 6.07) is 8.55. The molecule has 1 aliphatic rings. The molecule has 1 aromatic carbocycles. The van der Waals surface area contributed by atoms with Crippen LogP contribution in [0.4, 0.5) is 0 Å². The van der Waals surface area contributed by atoms with Crippen molar-refractivity contribution in [2.75, 3.05) is 53.0 Å². The van der Waals surface area contributed by atoms with Crippen LogP contribution in [0.3, 0.4) is 0 Å². The molecule has 0 radical (unpaired) electrons. The van der Waals surface area contributed by atoms with E-state index in [1.807, 2.05) is 0 Å². The molecule has 1 fully saturated rings. The number of ether oxygens (including phenoxy) is 2. The van der Waals surface area contributed by atoms with Crippen LogP contribution < -0.4 is 15.4 Å². The summed E-state index contributed by atoms with van der Waals surface area (Å²) in [4.78, 5) is 7.37. The van der Waals surface area contributed by atoms with Crippen molar-refractivity contribution in [2.24, 2.45) is 16.8 Å². The Morgan fingerprint density at radius 3 is 2.42 bits per heavy atom. The highest BCUT2D eigenvalue weighted by Crippen LogP contribution is 2.19. The fourth-order valence-electron chi connectivity index (χ4n) is 3.56. The maximum atomic E-state index is 5.79. The van der Waals surface area contributed by atoms with E-state index in [-0.39, 0.29) is 30.0 Å². The first-order chi connectivity index (χ1) is 14.5. The van der Waals surface area contributed by atoms with Gasteiger partial charge in [0.2, 0.25) is 0 Å². The Morgan fingerprint density at radius 2 is 1.84 bits per heavy atom. The average molecular weight is 547 g/mol. The number of likely N-dealkylation sites (tertiary alicyclic amines) is 1. The van der Waals surface area contributed by atoms with Gasteiger partial charge in [0.15, 0.2) is 5.96 Å². The smallest absolute Gasteiger partial charge is 0.191 e. The van der Waals surface area contributed by atoms with Crippen molar-refractivity contribution in [1.29, 1.82) is 0 Å². The van der Waals surface area contributed by atoms with Gasteiger partial charge in [-0.15, -0.1) is 24.0 Å². The molecule has 0 spiro atoms. The van der Waals surface area contributed by atoms with Crippen molar-refractivity contribution in [3.63, 3.8) is 0 Å². The zero-order chi connectivity index (χ0) is 21.8. The third-order valence-electron chi connectivity index (χ3n) is 5.49. The standard InChI is InChI=1S/C24H42N4O2.HI/c1-6-25-24(26-17-21-11-13-28(14-12-21)15-16-29-5)27-20(4)22-7-9-23(10-8-22)30-18-19(2)3;/h7-10,19-21H,6,11-18H2,1-5H3,(H2,25,26,27);1H. The summed E-state index contributed by atoms with van der Waals surface area (Å²) in [5.74, 6) is 3.01. The van der Waals surface area contributed by atoms with Gasteiger partial charge in [0, 0.05) is 26.7 Å². The molecule has 6 nitrogen and oxygen atoms in total. The van der Waals surface area contributed by atoms with E-state index in [1.54, 1.807) is 7.11 Å². The van der Waals surface area contributed by atoms with Crippen LogP contribution in [0.15, 0.2) is 29.3 Å². The quantitative estimate of drug-likeness (QED) is 0.246. The lowest BCUT2D eigenvalue weighted by atomic mass is 9.97. The normalized spacial score (nSPS) is 16.6. The number of hydrogen-bond acceptors (Lipinski definition) is 4. The fraction of sp³-hybridized carbons (Fsp3) is 0.708.